The number of Topliss-reactive ketones (excluding diaryl/α,β-unsaturated/α-hetero) is 2. The second-order valence-electron chi connectivity index (χ2n) is 19.9. The molecule has 0 unspecified atom stereocenters. The molecule has 372 valence electrons. The van der Waals surface area contributed by atoms with Crippen molar-refractivity contribution in [3.63, 3.8) is 0 Å². The van der Waals surface area contributed by atoms with Gasteiger partial charge in [0.2, 0.25) is 0 Å². The van der Waals surface area contributed by atoms with E-state index < -0.39 is 126 Å². The summed E-state index contributed by atoms with van der Waals surface area (Å²) in [6, 6.07) is 9.18. The van der Waals surface area contributed by atoms with Gasteiger partial charge in [0.25, 0.3) is 0 Å². The molecule has 3 saturated heterocycles. The Morgan fingerprint density at radius 3 is 2.19 bits per heavy atom. The van der Waals surface area contributed by atoms with Gasteiger partial charge in [-0.3, -0.25) is 14.4 Å². The number of carbonyl (C=O) groups is 4. The number of aliphatic hydroxyl groups excluding tert-OH is 3. The monoisotopic (exact) mass is 942 g/mol. The van der Waals surface area contributed by atoms with Crippen molar-refractivity contribution in [3.05, 3.63) is 54.1 Å². The number of hydrogen-bond acceptors (Lipinski definition) is 17. The Balaban J connectivity index is 0.986. The van der Waals surface area contributed by atoms with E-state index in [0.29, 0.717) is 19.3 Å². The van der Waals surface area contributed by atoms with Gasteiger partial charge in [0.15, 0.2) is 24.7 Å². The summed E-state index contributed by atoms with van der Waals surface area (Å²) < 4.78 is 54.5. The van der Waals surface area contributed by atoms with Crippen LogP contribution in [0.15, 0.2) is 48.6 Å². The maximum Gasteiger partial charge on any atom is 0.331 e. The lowest BCUT2D eigenvalue weighted by atomic mass is 9.52. The molecule has 3 aliphatic carbocycles. The third-order valence-corrected chi connectivity index (χ3v) is 15.8. The highest BCUT2D eigenvalue weighted by atomic mass is 16.7. The van der Waals surface area contributed by atoms with Crippen molar-refractivity contribution >= 4 is 29.4 Å². The summed E-state index contributed by atoms with van der Waals surface area (Å²) in [6.45, 7) is 10.1. The van der Waals surface area contributed by atoms with Crippen LogP contribution in [0, 0.1) is 22.7 Å². The fourth-order valence-electron chi connectivity index (χ4n) is 11.6. The molecule has 0 radical (unpaired) electrons. The van der Waals surface area contributed by atoms with E-state index in [0.717, 1.165) is 5.56 Å². The number of rotatable bonds is 15. The summed E-state index contributed by atoms with van der Waals surface area (Å²) in [5.74, 6) is -2.95. The number of ketones is 3. The Morgan fingerprint density at radius 2 is 1.54 bits per heavy atom. The summed E-state index contributed by atoms with van der Waals surface area (Å²) in [7, 11) is 2.93. The van der Waals surface area contributed by atoms with Crippen molar-refractivity contribution in [2.24, 2.45) is 22.7 Å². The number of ether oxygens (including phenoxy) is 9. The Bertz CT molecular complexity index is 1960. The van der Waals surface area contributed by atoms with Crippen molar-refractivity contribution in [2.75, 3.05) is 14.2 Å². The minimum Gasteiger partial charge on any atom is -0.458 e. The topological polar surface area (TPSA) is 232 Å². The first-order valence-electron chi connectivity index (χ1n) is 23.7. The second-order valence-corrected chi connectivity index (χ2v) is 19.9. The predicted molar refractivity (Wildman–Crippen MR) is 238 cm³/mol. The van der Waals surface area contributed by atoms with Gasteiger partial charge in [0.1, 0.15) is 48.2 Å². The van der Waals surface area contributed by atoms with Gasteiger partial charge < -0.3 is 63.1 Å². The van der Waals surface area contributed by atoms with Crippen molar-refractivity contribution in [1.82, 2.24) is 0 Å². The van der Waals surface area contributed by atoms with E-state index in [4.69, 9.17) is 42.6 Å². The Labute approximate surface area is 392 Å². The third kappa shape index (κ3) is 10.4. The van der Waals surface area contributed by atoms with Crippen LogP contribution in [0.5, 0.6) is 0 Å². The van der Waals surface area contributed by atoms with Crippen molar-refractivity contribution in [1.29, 1.82) is 0 Å². The van der Waals surface area contributed by atoms with Gasteiger partial charge >= 0.3 is 5.97 Å². The molecule has 1 aromatic carbocycles. The number of esters is 1. The van der Waals surface area contributed by atoms with Gasteiger partial charge in [0.05, 0.1) is 47.6 Å². The minimum atomic E-state index is -1.53. The average Bonchev–Trinajstić information content (AvgIpc) is 3.60. The van der Waals surface area contributed by atoms with E-state index in [1.54, 1.807) is 34.0 Å². The van der Waals surface area contributed by atoms with Gasteiger partial charge in [0, 0.05) is 63.2 Å². The van der Waals surface area contributed by atoms with Gasteiger partial charge in [-0.1, -0.05) is 37.3 Å². The number of hydrogen-bond donors (Lipinski definition) is 4. The van der Waals surface area contributed by atoms with E-state index in [1.807, 2.05) is 44.2 Å². The van der Waals surface area contributed by atoms with Gasteiger partial charge in [-0.05, 0) is 84.1 Å². The molecule has 0 bridgehead atoms. The normalized spacial score (nSPS) is 44.1. The van der Waals surface area contributed by atoms with Crippen LogP contribution in [0.25, 0.3) is 6.08 Å². The molecule has 5 fully saturated rings. The molecule has 3 heterocycles. The zero-order chi connectivity index (χ0) is 48.6. The first-order chi connectivity index (χ1) is 31.7. The standard InChI is InChI=1S/C50H70O17/c1-26(51)32-15-16-37(54)49(32,6)38(65-39(55)17-14-30-12-10-9-11-13-30)22-33-34(52)19-21-50(58)25-31(18-20-48(33,50)5)64-41-24-36(59-7)45(29(4)62-41)66-40-23-35(53)44(28(3)61-40)67-47-43(57)46(60-8)42(56)27(2)63-47/h9-14,17,19,21,27-29,31-33,35-36,38,40-47,53,56-58H,15-16,18,20,22-25H2,1-8H3/t27-,28-,29-,31+,32-,33+,35+,36+,38-,40+,41+,42-,43-,44-,45-,46+,47+,48-,49-,50+/m1/s1. The highest BCUT2D eigenvalue weighted by molar-refractivity contribution is 5.97. The highest BCUT2D eigenvalue weighted by Crippen LogP contribution is 2.57. The average molecular weight is 943 g/mol. The molecule has 3 aliphatic heterocycles. The first-order valence-corrected chi connectivity index (χ1v) is 23.7. The van der Waals surface area contributed by atoms with E-state index in [2.05, 4.69) is 0 Å². The van der Waals surface area contributed by atoms with Gasteiger partial charge in [-0.2, -0.15) is 0 Å². The number of aliphatic hydroxyl groups is 4. The molecular formula is C50H70O17. The molecule has 0 amide bonds. The van der Waals surface area contributed by atoms with Crippen LogP contribution in [0.2, 0.25) is 0 Å². The molecule has 6 aliphatic rings. The smallest absolute Gasteiger partial charge is 0.331 e. The second kappa shape index (κ2) is 21.0. The largest absolute Gasteiger partial charge is 0.458 e. The summed E-state index contributed by atoms with van der Waals surface area (Å²) in [6.07, 6.45) is -5.43. The van der Waals surface area contributed by atoms with Crippen LogP contribution < -0.4 is 0 Å². The van der Waals surface area contributed by atoms with Crippen LogP contribution in [0.4, 0.5) is 0 Å². The number of benzene rings is 1. The minimum absolute atomic E-state index is 0.0288. The van der Waals surface area contributed by atoms with Crippen LogP contribution in [-0.2, 0) is 61.8 Å². The van der Waals surface area contributed by atoms with Crippen molar-refractivity contribution < 1.29 is 82.2 Å². The zero-order valence-electron chi connectivity index (χ0n) is 39.8. The number of fused-ring (bicyclic) bond motifs is 1. The van der Waals surface area contributed by atoms with Crippen LogP contribution >= 0.6 is 0 Å². The van der Waals surface area contributed by atoms with E-state index in [9.17, 15) is 39.6 Å². The zero-order valence-corrected chi connectivity index (χ0v) is 39.8. The lowest BCUT2D eigenvalue weighted by Gasteiger charge is -2.55. The quantitative estimate of drug-likeness (QED) is 0.146. The molecule has 4 N–H and O–H groups in total. The predicted octanol–water partition coefficient (Wildman–Crippen LogP) is 3.54. The molecule has 2 saturated carbocycles. The summed E-state index contributed by atoms with van der Waals surface area (Å²) in [4.78, 5) is 54.2. The van der Waals surface area contributed by atoms with Crippen LogP contribution in [0.1, 0.15) is 98.5 Å². The molecule has 0 spiro atoms. The van der Waals surface area contributed by atoms with Gasteiger partial charge in [-0.25, -0.2) is 4.79 Å². The van der Waals surface area contributed by atoms with E-state index in [1.165, 1.54) is 32.3 Å². The van der Waals surface area contributed by atoms with Gasteiger partial charge in [-0.15, -0.1) is 0 Å². The fraction of sp³-hybridized carbons (Fsp3) is 0.720. The molecule has 17 heteroatoms. The Hall–Kier alpha value is -3.30. The summed E-state index contributed by atoms with van der Waals surface area (Å²) in [5, 5.41) is 44.9. The molecular weight excluding hydrogens is 873 g/mol. The SMILES string of the molecule is CO[C@@H]1[C@@H](O)[C@H](O[C@H]2[C@@H](O)C[C@H](O[C@H]3[C@@H](OC)C[C@H](O[C@H]4CC[C@]5(C)[C@@H](C[C@@H](OC(=O)C=Cc6ccccc6)[C@@]6(C)C(=O)CC[C@@H]6C(C)=O)C(=O)C=C[C@]5(O)C4)O[C@@H]3C)O[C@@H]2C)O[C@H](C)[C@H]1O. The molecule has 7 rings (SSSR count). The number of methoxy groups -OCH3 is 2. The third-order valence-electron chi connectivity index (χ3n) is 15.8. The van der Waals surface area contributed by atoms with Crippen LogP contribution in [0.3, 0.4) is 0 Å². The lowest BCUT2D eigenvalue weighted by Crippen LogP contribution is -2.61. The van der Waals surface area contributed by atoms with Crippen molar-refractivity contribution in [3.8, 4) is 0 Å². The fourth-order valence-corrected chi connectivity index (χ4v) is 11.6. The number of carbonyl (C=O) groups excluding carboxylic acids is 4. The lowest BCUT2D eigenvalue weighted by molar-refractivity contribution is -0.351. The maximum absolute atomic E-state index is 14.0. The first kappa shape index (κ1) is 51.5. The molecule has 0 aromatic heterocycles. The molecule has 1 aromatic rings. The Morgan fingerprint density at radius 1 is 0.851 bits per heavy atom. The maximum atomic E-state index is 14.0. The summed E-state index contributed by atoms with van der Waals surface area (Å²) >= 11 is 0. The molecule has 67 heavy (non-hydrogen) atoms. The number of allylic oxidation sites excluding steroid dienone is 1. The molecule has 20 atom stereocenters. The highest BCUT2D eigenvalue weighted by Gasteiger charge is 2.62. The Kier molecular flexibility index (Phi) is 16.1. The van der Waals surface area contributed by atoms with E-state index in [-0.39, 0.29) is 49.5 Å². The van der Waals surface area contributed by atoms with Crippen molar-refractivity contribution in [2.45, 2.75) is 191 Å². The molecule has 17 nitrogen and oxygen atoms in total. The summed E-state index contributed by atoms with van der Waals surface area (Å²) in [5.41, 5.74) is -3.20. The van der Waals surface area contributed by atoms with E-state index >= 15 is 0 Å². The van der Waals surface area contributed by atoms with Crippen LogP contribution in [-0.4, -0.2) is 156 Å².